The third-order valence-corrected chi connectivity index (χ3v) is 6.91. The number of thioether (sulfide) groups is 1. The number of fused-ring (bicyclic) bond motifs is 1. The Hall–Kier alpha value is -3.36. The van der Waals surface area contributed by atoms with Gasteiger partial charge in [-0.3, -0.25) is 4.79 Å². The summed E-state index contributed by atoms with van der Waals surface area (Å²) in [6.45, 7) is 2.27. The predicted molar refractivity (Wildman–Crippen MR) is 129 cm³/mol. The van der Waals surface area contributed by atoms with Crippen LogP contribution in [-0.4, -0.2) is 31.4 Å². The molecule has 7 nitrogen and oxygen atoms in total. The maximum absolute atomic E-state index is 12.6. The number of carbonyl (C=O) groups is 1. The van der Waals surface area contributed by atoms with Crippen LogP contribution in [0.5, 0.6) is 5.75 Å². The zero-order valence-corrected chi connectivity index (χ0v) is 19.3. The van der Waals surface area contributed by atoms with E-state index in [0.29, 0.717) is 29.1 Å². The first kappa shape index (κ1) is 21.5. The molecule has 3 heterocycles. The monoisotopic (exact) mass is 477 g/mol. The molecule has 1 aliphatic heterocycles. The summed E-state index contributed by atoms with van der Waals surface area (Å²) >= 11 is 7.85. The molecule has 1 amide bonds. The summed E-state index contributed by atoms with van der Waals surface area (Å²) < 4.78 is 7.81. The summed E-state index contributed by atoms with van der Waals surface area (Å²) in [5.74, 6) is 1.91. The van der Waals surface area contributed by atoms with Gasteiger partial charge in [0.05, 0.1) is 16.7 Å². The molecular formula is C24H20ClN5O2S. The number of anilines is 1. The minimum absolute atomic E-state index is 0.102. The number of nitrogens with zero attached hydrogens (tertiary/aromatic N) is 4. The summed E-state index contributed by atoms with van der Waals surface area (Å²) in [4.78, 5) is 21.2. The second-order valence-electron chi connectivity index (χ2n) is 7.47. The van der Waals surface area contributed by atoms with E-state index in [4.69, 9.17) is 16.3 Å². The van der Waals surface area contributed by atoms with Gasteiger partial charge in [0.2, 0.25) is 5.91 Å². The van der Waals surface area contributed by atoms with Crippen molar-refractivity contribution in [2.75, 3.05) is 11.1 Å². The predicted octanol–water partition coefficient (Wildman–Crippen LogP) is 4.98. The lowest BCUT2D eigenvalue weighted by molar-refractivity contribution is -0.113. The number of rotatable bonds is 5. The van der Waals surface area contributed by atoms with Crippen molar-refractivity contribution in [1.82, 2.24) is 19.7 Å². The lowest BCUT2D eigenvalue weighted by atomic mass is 10.0. The van der Waals surface area contributed by atoms with E-state index in [1.54, 1.807) is 23.1 Å². The van der Waals surface area contributed by atoms with Crippen molar-refractivity contribution in [2.45, 2.75) is 18.8 Å². The average molecular weight is 478 g/mol. The van der Waals surface area contributed by atoms with Gasteiger partial charge in [-0.15, -0.1) is 11.8 Å². The fourth-order valence-corrected chi connectivity index (χ4v) is 5.18. The molecule has 1 N–H and O–H groups in total. The van der Waals surface area contributed by atoms with E-state index in [-0.39, 0.29) is 11.2 Å². The van der Waals surface area contributed by atoms with Crippen molar-refractivity contribution < 1.29 is 9.53 Å². The average Bonchev–Trinajstić information content (AvgIpc) is 3.04. The van der Waals surface area contributed by atoms with Crippen LogP contribution in [0.2, 0.25) is 5.02 Å². The molecule has 2 aromatic carbocycles. The maximum Gasteiger partial charge on any atom is 0.252 e. The minimum atomic E-state index is -0.168. The Labute approximate surface area is 200 Å². The van der Waals surface area contributed by atoms with Gasteiger partial charge in [0.1, 0.15) is 18.2 Å². The summed E-state index contributed by atoms with van der Waals surface area (Å²) in [5, 5.41) is 8.15. The van der Waals surface area contributed by atoms with E-state index in [1.807, 2.05) is 55.5 Å². The highest BCUT2D eigenvalue weighted by Gasteiger charge is 2.32. The second-order valence-corrected chi connectivity index (χ2v) is 8.97. The van der Waals surface area contributed by atoms with Gasteiger partial charge >= 0.3 is 0 Å². The highest BCUT2D eigenvalue weighted by molar-refractivity contribution is 8.00. The number of benzene rings is 2. The van der Waals surface area contributed by atoms with E-state index in [0.717, 1.165) is 28.1 Å². The first-order valence-electron chi connectivity index (χ1n) is 10.4. The number of ether oxygens (including phenoxy) is 1. The van der Waals surface area contributed by atoms with Crippen LogP contribution in [0, 0.1) is 6.92 Å². The SMILES string of the molecule is Cc1nn(-c2ncccn2)c2c1[C@@H](c1ccccc1OCc1ccccc1Cl)SCC(=O)N2. The number of aryl methyl sites for hydroxylation is 1. The summed E-state index contributed by atoms with van der Waals surface area (Å²) in [5.41, 5.74) is 3.57. The van der Waals surface area contributed by atoms with Crippen LogP contribution >= 0.6 is 23.4 Å². The van der Waals surface area contributed by atoms with Crippen LogP contribution < -0.4 is 10.1 Å². The van der Waals surface area contributed by atoms with Gasteiger partial charge in [-0.2, -0.15) is 9.78 Å². The minimum Gasteiger partial charge on any atom is -0.489 e. The number of nitrogens with one attached hydrogen (secondary N) is 1. The summed E-state index contributed by atoms with van der Waals surface area (Å²) in [7, 11) is 0. The molecule has 0 saturated heterocycles. The third-order valence-electron chi connectivity index (χ3n) is 5.29. The van der Waals surface area contributed by atoms with Crippen molar-refractivity contribution in [3.05, 3.63) is 94.4 Å². The zero-order chi connectivity index (χ0) is 22.8. The van der Waals surface area contributed by atoms with E-state index in [1.165, 1.54) is 11.8 Å². The Morgan fingerprint density at radius 2 is 1.88 bits per heavy atom. The molecule has 4 aromatic rings. The van der Waals surface area contributed by atoms with Gasteiger partial charge in [0.15, 0.2) is 0 Å². The Balaban J connectivity index is 1.56. The Bertz CT molecular complexity index is 1310. The smallest absolute Gasteiger partial charge is 0.252 e. The molecular weight excluding hydrogens is 458 g/mol. The van der Waals surface area contributed by atoms with Crippen molar-refractivity contribution in [3.8, 4) is 11.7 Å². The van der Waals surface area contributed by atoms with Gasteiger partial charge in [0, 0.05) is 34.1 Å². The molecule has 0 unspecified atom stereocenters. The summed E-state index contributed by atoms with van der Waals surface area (Å²) in [6, 6.07) is 17.2. The first-order valence-corrected chi connectivity index (χ1v) is 11.8. The van der Waals surface area contributed by atoms with Gasteiger partial charge < -0.3 is 10.1 Å². The molecule has 0 radical (unpaired) electrons. The fraction of sp³-hybridized carbons (Fsp3) is 0.167. The first-order chi connectivity index (χ1) is 16.1. The zero-order valence-electron chi connectivity index (χ0n) is 17.7. The third kappa shape index (κ3) is 4.31. The lowest BCUT2D eigenvalue weighted by Gasteiger charge is -2.19. The van der Waals surface area contributed by atoms with Crippen molar-refractivity contribution >= 4 is 35.1 Å². The summed E-state index contributed by atoms with van der Waals surface area (Å²) in [6.07, 6.45) is 3.29. The van der Waals surface area contributed by atoms with Gasteiger partial charge in [-0.25, -0.2) is 9.97 Å². The molecule has 0 saturated carbocycles. The number of para-hydroxylation sites is 1. The largest absolute Gasteiger partial charge is 0.489 e. The number of aromatic nitrogens is 4. The molecule has 0 spiro atoms. The second kappa shape index (κ2) is 9.25. The molecule has 166 valence electrons. The molecule has 2 aromatic heterocycles. The normalized spacial score (nSPS) is 15.5. The number of hydrogen-bond acceptors (Lipinski definition) is 6. The molecule has 0 bridgehead atoms. The van der Waals surface area contributed by atoms with Crippen molar-refractivity contribution in [2.24, 2.45) is 0 Å². The van der Waals surface area contributed by atoms with Crippen LogP contribution in [0.15, 0.2) is 67.0 Å². The quantitative estimate of drug-likeness (QED) is 0.436. The van der Waals surface area contributed by atoms with Crippen molar-refractivity contribution in [3.63, 3.8) is 0 Å². The molecule has 1 aliphatic rings. The van der Waals surface area contributed by atoms with Crippen LogP contribution in [-0.2, 0) is 11.4 Å². The number of hydrogen-bond donors (Lipinski definition) is 1. The van der Waals surface area contributed by atoms with Gasteiger partial charge in [0.25, 0.3) is 5.95 Å². The lowest BCUT2D eigenvalue weighted by Crippen LogP contribution is -2.16. The maximum atomic E-state index is 12.6. The molecule has 0 fully saturated rings. The van der Waals surface area contributed by atoms with Crippen LogP contribution in [0.1, 0.15) is 27.6 Å². The van der Waals surface area contributed by atoms with E-state index < -0.39 is 0 Å². The van der Waals surface area contributed by atoms with Gasteiger partial charge in [-0.05, 0) is 25.1 Å². The highest BCUT2D eigenvalue weighted by Crippen LogP contribution is 2.46. The number of carbonyl (C=O) groups excluding carboxylic acids is 1. The molecule has 0 aliphatic carbocycles. The molecule has 1 atom stereocenters. The highest BCUT2D eigenvalue weighted by atomic mass is 35.5. The Morgan fingerprint density at radius 3 is 2.70 bits per heavy atom. The standard InChI is InChI=1S/C24H20ClN5O2S/c1-15-21-22(17-8-3-5-10-19(17)32-13-16-7-2-4-9-18(16)25)33-14-20(31)28-23(21)30(29-15)24-26-11-6-12-27-24/h2-12,22H,13-14H2,1H3,(H,28,31)/t22-/m1/s1. The van der Waals surface area contributed by atoms with E-state index >= 15 is 0 Å². The Kier molecular flexibility index (Phi) is 6.02. The number of amides is 1. The fourth-order valence-electron chi connectivity index (χ4n) is 3.77. The van der Waals surface area contributed by atoms with Crippen LogP contribution in [0.4, 0.5) is 5.82 Å². The molecule has 33 heavy (non-hydrogen) atoms. The van der Waals surface area contributed by atoms with E-state index in [2.05, 4.69) is 20.4 Å². The molecule has 9 heteroatoms. The Morgan fingerprint density at radius 1 is 1.12 bits per heavy atom. The van der Waals surface area contributed by atoms with Gasteiger partial charge in [-0.1, -0.05) is 48.0 Å². The van der Waals surface area contributed by atoms with Crippen LogP contribution in [0.3, 0.4) is 0 Å². The number of halogens is 1. The van der Waals surface area contributed by atoms with E-state index in [9.17, 15) is 4.79 Å². The topological polar surface area (TPSA) is 81.9 Å². The molecule has 5 rings (SSSR count). The van der Waals surface area contributed by atoms with Crippen molar-refractivity contribution in [1.29, 1.82) is 0 Å². The van der Waals surface area contributed by atoms with Crippen LogP contribution in [0.25, 0.3) is 5.95 Å².